The lowest BCUT2D eigenvalue weighted by Crippen LogP contribution is -2.27. The second kappa shape index (κ2) is 4.17. The Labute approximate surface area is 105 Å². The van der Waals surface area contributed by atoms with Crippen molar-refractivity contribution in [1.29, 1.82) is 0 Å². The minimum Gasteiger partial charge on any atom is -0.321 e. The van der Waals surface area contributed by atoms with E-state index in [-0.39, 0.29) is 11.9 Å². The van der Waals surface area contributed by atoms with Crippen molar-refractivity contribution >= 4 is 0 Å². The van der Waals surface area contributed by atoms with Gasteiger partial charge in [-0.2, -0.15) is 5.10 Å². The number of nitrogens with zero attached hydrogens (tertiary/aromatic N) is 3. The van der Waals surface area contributed by atoms with Gasteiger partial charge in [0.05, 0.1) is 6.04 Å². The summed E-state index contributed by atoms with van der Waals surface area (Å²) in [7, 11) is 0. The quantitative estimate of drug-likeness (QED) is 0.838. The molecule has 2 N–H and O–H groups in total. The zero-order valence-electron chi connectivity index (χ0n) is 10.2. The molecule has 2 unspecified atom stereocenters. The van der Waals surface area contributed by atoms with Crippen molar-refractivity contribution in [1.82, 2.24) is 14.8 Å². The predicted molar refractivity (Wildman–Crippen MR) is 66.1 cm³/mol. The molecule has 4 nitrogen and oxygen atoms in total. The molecule has 2 aromatic rings. The summed E-state index contributed by atoms with van der Waals surface area (Å²) in [5.74, 6) is 1.70. The second-order valence-corrected chi connectivity index (χ2v) is 4.93. The summed E-state index contributed by atoms with van der Waals surface area (Å²) in [6, 6.07) is 6.14. The topological polar surface area (TPSA) is 56.7 Å². The molecule has 1 aromatic heterocycles. The summed E-state index contributed by atoms with van der Waals surface area (Å²) in [4.78, 5) is 4.47. The summed E-state index contributed by atoms with van der Waals surface area (Å²) in [6.45, 7) is 3.00. The summed E-state index contributed by atoms with van der Waals surface area (Å²) in [5.41, 5.74) is 6.89. The van der Waals surface area contributed by atoms with Crippen LogP contribution in [0.1, 0.15) is 25.2 Å². The molecule has 2 heterocycles. The maximum absolute atomic E-state index is 12.9. The first-order chi connectivity index (χ1) is 8.63. The number of aromatic nitrogens is 3. The Hall–Kier alpha value is -1.75. The first-order valence-electron chi connectivity index (χ1n) is 6.10. The molecular weight excluding hydrogens is 231 g/mol. The Morgan fingerprint density at radius 2 is 2.06 bits per heavy atom. The van der Waals surface area contributed by atoms with E-state index in [4.69, 9.17) is 5.73 Å². The molecule has 0 aliphatic carbocycles. The highest BCUT2D eigenvalue weighted by Gasteiger charge is 2.25. The van der Waals surface area contributed by atoms with Crippen LogP contribution in [0.2, 0.25) is 0 Å². The molecule has 0 amide bonds. The Balaban J connectivity index is 2.00. The van der Waals surface area contributed by atoms with E-state index >= 15 is 0 Å². The molecule has 1 aliphatic heterocycles. The lowest BCUT2D eigenvalue weighted by Gasteiger charge is -2.23. The number of hydrogen-bond acceptors (Lipinski definition) is 3. The summed E-state index contributed by atoms with van der Waals surface area (Å²) >= 11 is 0. The average Bonchev–Trinajstić information content (AvgIpc) is 2.74. The van der Waals surface area contributed by atoms with E-state index in [2.05, 4.69) is 17.0 Å². The molecule has 94 valence electrons. The lowest BCUT2D eigenvalue weighted by molar-refractivity contribution is 0.325. The molecule has 3 rings (SSSR count). The van der Waals surface area contributed by atoms with Gasteiger partial charge in [-0.05, 0) is 36.6 Å². The normalized spacial score (nSPS) is 22.8. The Morgan fingerprint density at radius 3 is 2.78 bits per heavy atom. The highest BCUT2D eigenvalue weighted by Crippen LogP contribution is 2.27. The molecular formula is C13H15FN4. The largest absolute Gasteiger partial charge is 0.321 e. The third kappa shape index (κ3) is 1.90. The number of benzene rings is 1. The van der Waals surface area contributed by atoms with Gasteiger partial charge in [0.2, 0.25) is 0 Å². The van der Waals surface area contributed by atoms with Gasteiger partial charge >= 0.3 is 0 Å². The molecule has 0 fully saturated rings. The third-order valence-corrected chi connectivity index (χ3v) is 3.28. The van der Waals surface area contributed by atoms with Crippen molar-refractivity contribution in [3.63, 3.8) is 0 Å². The standard InChI is InChI=1S/C13H15FN4/c1-8-6-11(15)13-16-12(17-18(13)7-8)9-2-4-10(14)5-3-9/h2-5,8,11H,6-7,15H2,1H3. The minimum absolute atomic E-state index is 0.0598. The van der Waals surface area contributed by atoms with Gasteiger partial charge in [-0.15, -0.1) is 0 Å². The van der Waals surface area contributed by atoms with Crippen molar-refractivity contribution in [2.75, 3.05) is 0 Å². The van der Waals surface area contributed by atoms with E-state index < -0.39 is 0 Å². The molecule has 0 saturated carbocycles. The fraction of sp³-hybridized carbons (Fsp3) is 0.385. The molecule has 5 heteroatoms. The first-order valence-corrected chi connectivity index (χ1v) is 6.10. The van der Waals surface area contributed by atoms with Crippen LogP contribution in [0.3, 0.4) is 0 Å². The summed E-state index contributed by atoms with van der Waals surface area (Å²) in [6.07, 6.45) is 0.932. The van der Waals surface area contributed by atoms with E-state index in [9.17, 15) is 4.39 Å². The second-order valence-electron chi connectivity index (χ2n) is 4.93. The van der Waals surface area contributed by atoms with Crippen LogP contribution in [0, 0.1) is 11.7 Å². The summed E-state index contributed by atoms with van der Waals surface area (Å²) in [5, 5.41) is 4.45. The van der Waals surface area contributed by atoms with Crippen LogP contribution in [-0.4, -0.2) is 14.8 Å². The SMILES string of the molecule is CC1CC(N)c2nc(-c3ccc(F)cc3)nn2C1. The van der Waals surface area contributed by atoms with Crippen LogP contribution in [0.15, 0.2) is 24.3 Å². The Bertz CT molecular complexity index is 561. The van der Waals surface area contributed by atoms with Crippen molar-refractivity contribution in [2.45, 2.75) is 25.9 Å². The monoisotopic (exact) mass is 246 g/mol. The van der Waals surface area contributed by atoms with Gasteiger partial charge in [-0.3, -0.25) is 0 Å². The molecule has 2 atom stereocenters. The van der Waals surface area contributed by atoms with Crippen LogP contribution in [0.4, 0.5) is 4.39 Å². The maximum Gasteiger partial charge on any atom is 0.181 e. The van der Waals surface area contributed by atoms with Crippen molar-refractivity contribution in [3.8, 4) is 11.4 Å². The van der Waals surface area contributed by atoms with E-state index in [1.165, 1.54) is 12.1 Å². The van der Waals surface area contributed by atoms with Crippen LogP contribution in [0.5, 0.6) is 0 Å². The average molecular weight is 246 g/mol. The Kier molecular flexibility index (Phi) is 2.63. The van der Waals surface area contributed by atoms with Gasteiger partial charge in [-0.1, -0.05) is 6.92 Å². The molecule has 1 aliphatic rings. The van der Waals surface area contributed by atoms with Gasteiger partial charge in [0.15, 0.2) is 5.82 Å². The minimum atomic E-state index is -0.256. The zero-order valence-corrected chi connectivity index (χ0v) is 10.2. The fourth-order valence-corrected chi connectivity index (χ4v) is 2.39. The van der Waals surface area contributed by atoms with Gasteiger partial charge in [-0.25, -0.2) is 14.1 Å². The van der Waals surface area contributed by atoms with E-state index in [0.717, 1.165) is 24.4 Å². The number of nitrogens with two attached hydrogens (primary N) is 1. The highest BCUT2D eigenvalue weighted by atomic mass is 19.1. The molecule has 0 bridgehead atoms. The lowest BCUT2D eigenvalue weighted by atomic mass is 9.98. The number of hydrogen-bond donors (Lipinski definition) is 1. The zero-order chi connectivity index (χ0) is 12.7. The van der Waals surface area contributed by atoms with Crippen molar-refractivity contribution < 1.29 is 4.39 Å². The maximum atomic E-state index is 12.9. The molecule has 0 spiro atoms. The van der Waals surface area contributed by atoms with Crippen LogP contribution >= 0.6 is 0 Å². The molecule has 0 radical (unpaired) electrons. The van der Waals surface area contributed by atoms with Crippen LogP contribution < -0.4 is 5.73 Å². The highest BCUT2D eigenvalue weighted by molar-refractivity contribution is 5.54. The fourth-order valence-electron chi connectivity index (χ4n) is 2.39. The Morgan fingerprint density at radius 1 is 1.33 bits per heavy atom. The van der Waals surface area contributed by atoms with E-state index in [1.807, 2.05) is 4.68 Å². The van der Waals surface area contributed by atoms with Crippen molar-refractivity contribution in [3.05, 3.63) is 35.9 Å². The number of fused-ring (bicyclic) bond motifs is 1. The van der Waals surface area contributed by atoms with E-state index in [0.29, 0.717) is 11.7 Å². The molecule has 1 aromatic carbocycles. The third-order valence-electron chi connectivity index (χ3n) is 3.28. The van der Waals surface area contributed by atoms with Crippen LogP contribution in [-0.2, 0) is 6.54 Å². The number of rotatable bonds is 1. The predicted octanol–water partition coefficient (Wildman–Crippen LogP) is 2.12. The summed E-state index contributed by atoms with van der Waals surface area (Å²) < 4.78 is 14.7. The van der Waals surface area contributed by atoms with Gasteiger partial charge in [0.25, 0.3) is 0 Å². The molecule has 0 saturated heterocycles. The van der Waals surface area contributed by atoms with Gasteiger partial charge < -0.3 is 5.73 Å². The van der Waals surface area contributed by atoms with Gasteiger partial charge in [0.1, 0.15) is 11.6 Å². The first kappa shape index (κ1) is 11.3. The van der Waals surface area contributed by atoms with E-state index in [1.54, 1.807) is 12.1 Å². The van der Waals surface area contributed by atoms with Crippen molar-refractivity contribution in [2.24, 2.45) is 11.7 Å². The smallest absolute Gasteiger partial charge is 0.181 e. The van der Waals surface area contributed by atoms with Gasteiger partial charge in [0, 0.05) is 12.1 Å². The number of halogens is 1. The molecule has 18 heavy (non-hydrogen) atoms. The van der Waals surface area contributed by atoms with Crippen LogP contribution in [0.25, 0.3) is 11.4 Å².